The van der Waals surface area contributed by atoms with Gasteiger partial charge in [-0.1, -0.05) is 30.3 Å². The fourth-order valence-electron chi connectivity index (χ4n) is 3.25. The van der Waals surface area contributed by atoms with E-state index in [0.29, 0.717) is 18.2 Å². The Bertz CT molecular complexity index is 728. The first kappa shape index (κ1) is 20.3. The maximum atomic E-state index is 12.4. The number of nitrogens with zero attached hydrogens (tertiary/aromatic N) is 3. The number of carbonyl (C=O) groups is 1. The van der Waals surface area contributed by atoms with E-state index >= 15 is 0 Å². The topological polar surface area (TPSA) is 57.7 Å². The van der Waals surface area contributed by atoms with E-state index < -0.39 is 0 Å². The highest BCUT2D eigenvalue weighted by Crippen LogP contribution is 2.18. The molecule has 0 unspecified atom stereocenters. The number of ether oxygens (including phenoxy) is 1. The molecule has 1 aromatic carbocycles. The predicted octanol–water partition coefficient (Wildman–Crippen LogP) is 2.56. The highest BCUT2D eigenvalue weighted by Gasteiger charge is 2.14. The summed E-state index contributed by atoms with van der Waals surface area (Å²) in [6.45, 7) is 9.97. The molecule has 0 atom stereocenters. The van der Waals surface area contributed by atoms with Gasteiger partial charge in [0.1, 0.15) is 5.82 Å². The number of rotatable bonds is 8. The van der Waals surface area contributed by atoms with Gasteiger partial charge in [-0.05, 0) is 31.5 Å². The molecule has 1 saturated heterocycles. The third-order valence-electron chi connectivity index (χ3n) is 4.94. The standard InChI is InChI=1S/C22H30N4O2/c1-18(2)26(17-19-6-4-3-5-7-19)21-9-8-20(16-24-21)22(27)23-10-11-25-12-14-28-15-13-25/h3-9,16,18H,10-15,17H2,1-2H3,(H,23,27). The normalized spacial score (nSPS) is 14.8. The van der Waals surface area contributed by atoms with Gasteiger partial charge in [0, 0.05) is 45.0 Å². The van der Waals surface area contributed by atoms with Crippen LogP contribution in [-0.4, -0.2) is 61.2 Å². The molecule has 150 valence electrons. The third-order valence-corrected chi connectivity index (χ3v) is 4.94. The lowest BCUT2D eigenvalue weighted by Crippen LogP contribution is -2.41. The summed E-state index contributed by atoms with van der Waals surface area (Å²) < 4.78 is 5.34. The van der Waals surface area contributed by atoms with Gasteiger partial charge >= 0.3 is 0 Å². The quantitative estimate of drug-likeness (QED) is 0.760. The highest BCUT2D eigenvalue weighted by molar-refractivity contribution is 5.94. The number of hydrogen-bond donors (Lipinski definition) is 1. The number of amides is 1. The number of nitrogens with one attached hydrogen (secondary N) is 1. The zero-order valence-corrected chi connectivity index (χ0v) is 16.8. The second-order valence-corrected chi connectivity index (χ2v) is 7.32. The fraction of sp³-hybridized carbons (Fsp3) is 0.455. The molecule has 0 spiro atoms. The maximum absolute atomic E-state index is 12.4. The summed E-state index contributed by atoms with van der Waals surface area (Å²) in [5.41, 5.74) is 1.83. The summed E-state index contributed by atoms with van der Waals surface area (Å²) in [4.78, 5) is 21.5. The average molecular weight is 383 g/mol. The van der Waals surface area contributed by atoms with Crippen LogP contribution in [0.5, 0.6) is 0 Å². The van der Waals surface area contributed by atoms with Crippen LogP contribution in [0.1, 0.15) is 29.8 Å². The smallest absolute Gasteiger partial charge is 0.252 e. The summed E-state index contributed by atoms with van der Waals surface area (Å²) in [5.74, 6) is 0.801. The minimum absolute atomic E-state index is 0.0773. The van der Waals surface area contributed by atoms with Crippen LogP contribution in [-0.2, 0) is 11.3 Å². The Hall–Kier alpha value is -2.44. The molecule has 1 aliphatic heterocycles. The van der Waals surface area contributed by atoms with Crippen molar-refractivity contribution in [2.45, 2.75) is 26.4 Å². The predicted molar refractivity (Wildman–Crippen MR) is 112 cm³/mol. The van der Waals surface area contributed by atoms with Crippen molar-refractivity contribution < 1.29 is 9.53 Å². The van der Waals surface area contributed by atoms with Gasteiger partial charge in [-0.25, -0.2) is 4.98 Å². The van der Waals surface area contributed by atoms with Crippen molar-refractivity contribution >= 4 is 11.7 Å². The molecule has 28 heavy (non-hydrogen) atoms. The van der Waals surface area contributed by atoms with E-state index in [0.717, 1.165) is 45.2 Å². The molecule has 0 aliphatic carbocycles. The molecule has 1 aromatic heterocycles. The molecule has 2 heterocycles. The summed E-state index contributed by atoms with van der Waals surface area (Å²) in [6.07, 6.45) is 1.67. The van der Waals surface area contributed by atoms with Gasteiger partial charge in [0.15, 0.2) is 0 Å². The van der Waals surface area contributed by atoms with Crippen molar-refractivity contribution in [3.8, 4) is 0 Å². The van der Waals surface area contributed by atoms with Gasteiger partial charge in [0.25, 0.3) is 5.91 Å². The van der Waals surface area contributed by atoms with Crippen molar-refractivity contribution in [2.24, 2.45) is 0 Å². The lowest BCUT2D eigenvalue weighted by atomic mass is 10.2. The van der Waals surface area contributed by atoms with E-state index in [4.69, 9.17) is 4.74 Å². The van der Waals surface area contributed by atoms with E-state index in [1.807, 2.05) is 30.3 Å². The van der Waals surface area contributed by atoms with Crippen molar-refractivity contribution in [1.82, 2.24) is 15.2 Å². The Balaban J connectivity index is 1.55. The Labute approximate surface area is 167 Å². The van der Waals surface area contributed by atoms with Crippen molar-refractivity contribution in [1.29, 1.82) is 0 Å². The fourth-order valence-corrected chi connectivity index (χ4v) is 3.25. The molecule has 1 amide bonds. The van der Waals surface area contributed by atoms with Gasteiger partial charge in [-0.3, -0.25) is 9.69 Å². The van der Waals surface area contributed by atoms with Crippen LogP contribution in [0.4, 0.5) is 5.82 Å². The summed E-state index contributed by atoms with van der Waals surface area (Å²) in [7, 11) is 0. The van der Waals surface area contributed by atoms with Crippen LogP contribution in [0.2, 0.25) is 0 Å². The molecule has 6 nitrogen and oxygen atoms in total. The van der Waals surface area contributed by atoms with Gasteiger partial charge in [-0.2, -0.15) is 0 Å². The lowest BCUT2D eigenvalue weighted by molar-refractivity contribution is 0.0383. The van der Waals surface area contributed by atoms with Crippen LogP contribution in [0.3, 0.4) is 0 Å². The molecule has 0 bridgehead atoms. The van der Waals surface area contributed by atoms with Gasteiger partial charge in [0.2, 0.25) is 0 Å². The zero-order valence-electron chi connectivity index (χ0n) is 16.8. The van der Waals surface area contributed by atoms with E-state index in [1.165, 1.54) is 5.56 Å². The first-order valence-corrected chi connectivity index (χ1v) is 9.98. The molecule has 1 fully saturated rings. The Morgan fingerprint density at radius 1 is 1.18 bits per heavy atom. The minimum atomic E-state index is -0.0773. The minimum Gasteiger partial charge on any atom is -0.379 e. The first-order valence-electron chi connectivity index (χ1n) is 9.98. The molecule has 3 rings (SSSR count). The Morgan fingerprint density at radius 2 is 1.93 bits per heavy atom. The first-order chi connectivity index (χ1) is 13.6. The van der Waals surface area contributed by atoms with Crippen LogP contribution >= 0.6 is 0 Å². The molecular weight excluding hydrogens is 352 g/mol. The lowest BCUT2D eigenvalue weighted by Gasteiger charge is -2.28. The summed E-state index contributed by atoms with van der Waals surface area (Å²) in [6, 6.07) is 14.4. The van der Waals surface area contributed by atoms with Crippen LogP contribution in [0.25, 0.3) is 0 Å². The second-order valence-electron chi connectivity index (χ2n) is 7.32. The molecule has 0 radical (unpaired) electrons. The van der Waals surface area contributed by atoms with E-state index in [2.05, 4.69) is 46.1 Å². The van der Waals surface area contributed by atoms with Gasteiger partial charge in [-0.15, -0.1) is 0 Å². The molecule has 2 aromatic rings. The van der Waals surface area contributed by atoms with Crippen LogP contribution in [0.15, 0.2) is 48.7 Å². The molecule has 0 saturated carbocycles. The van der Waals surface area contributed by atoms with Gasteiger partial charge in [0.05, 0.1) is 18.8 Å². The van der Waals surface area contributed by atoms with Crippen molar-refractivity contribution in [2.75, 3.05) is 44.3 Å². The number of carbonyl (C=O) groups excluding carboxylic acids is 1. The molecule has 6 heteroatoms. The monoisotopic (exact) mass is 382 g/mol. The van der Waals surface area contributed by atoms with E-state index in [1.54, 1.807) is 6.20 Å². The Morgan fingerprint density at radius 3 is 2.57 bits per heavy atom. The number of hydrogen-bond acceptors (Lipinski definition) is 5. The van der Waals surface area contributed by atoms with E-state index in [-0.39, 0.29) is 5.91 Å². The highest BCUT2D eigenvalue weighted by atomic mass is 16.5. The zero-order chi connectivity index (χ0) is 19.8. The SMILES string of the molecule is CC(C)N(Cc1ccccc1)c1ccc(C(=O)NCCN2CCOCC2)cn1. The van der Waals surface area contributed by atoms with Crippen molar-refractivity contribution in [3.63, 3.8) is 0 Å². The number of anilines is 1. The number of aromatic nitrogens is 1. The largest absolute Gasteiger partial charge is 0.379 e. The molecule has 1 N–H and O–H groups in total. The van der Waals surface area contributed by atoms with Crippen LogP contribution in [0, 0.1) is 0 Å². The number of morpholine rings is 1. The summed E-state index contributed by atoms with van der Waals surface area (Å²) in [5, 5.41) is 2.98. The van der Waals surface area contributed by atoms with Gasteiger partial charge < -0.3 is 15.0 Å². The number of pyridine rings is 1. The third kappa shape index (κ3) is 5.78. The second kappa shape index (κ2) is 10.2. The molecule has 1 aliphatic rings. The van der Waals surface area contributed by atoms with E-state index in [9.17, 15) is 4.79 Å². The Kier molecular flexibility index (Phi) is 7.39. The molecular formula is C22H30N4O2. The summed E-state index contributed by atoms with van der Waals surface area (Å²) >= 11 is 0. The van der Waals surface area contributed by atoms with Crippen molar-refractivity contribution in [3.05, 3.63) is 59.8 Å². The van der Waals surface area contributed by atoms with Crippen LogP contribution < -0.4 is 10.2 Å². The number of benzene rings is 1. The average Bonchev–Trinajstić information content (AvgIpc) is 2.73. The maximum Gasteiger partial charge on any atom is 0.252 e.